The van der Waals surface area contributed by atoms with E-state index >= 15 is 0 Å². The van der Waals surface area contributed by atoms with Gasteiger partial charge in [0, 0.05) is 55.0 Å². The third kappa shape index (κ3) is 8.25. The molecule has 0 aliphatic carbocycles. The van der Waals surface area contributed by atoms with Gasteiger partial charge in [-0.1, -0.05) is 233 Å². The third-order valence-corrected chi connectivity index (χ3v) is 15.4. The quantitative estimate of drug-likeness (QED) is 0.145. The van der Waals surface area contributed by atoms with Gasteiger partial charge in [-0.15, -0.1) is 0 Å². The van der Waals surface area contributed by atoms with E-state index in [4.69, 9.17) is 15.0 Å². The first-order valence-corrected chi connectivity index (χ1v) is 26.8. The van der Waals surface area contributed by atoms with Crippen LogP contribution in [0, 0.1) is 0 Å². The fourth-order valence-corrected chi connectivity index (χ4v) is 11.4. The predicted octanol–water partition coefficient (Wildman–Crippen LogP) is 19.0. The molecule has 78 heavy (non-hydrogen) atoms. The molecule has 370 valence electrons. The number of fused-ring (bicyclic) bond motifs is 6. The van der Waals surface area contributed by atoms with E-state index in [1.54, 1.807) is 0 Å². The Labute approximate surface area is 454 Å². The molecule has 0 unspecified atom stereocenters. The van der Waals surface area contributed by atoms with Crippen LogP contribution in [0.3, 0.4) is 0 Å². The summed E-state index contributed by atoms with van der Waals surface area (Å²) in [6.07, 6.45) is 0. The summed E-state index contributed by atoms with van der Waals surface area (Å²) in [6, 6.07) is 95.8. The maximum atomic E-state index is 5.41. The molecule has 0 radical (unpaired) electrons. The van der Waals surface area contributed by atoms with E-state index < -0.39 is 0 Å². The SMILES string of the molecule is CC(C)(C)c1ccc2c(c1)c1cc(-n3c4ccccc4c4ccccc43)ccc1n2-c1c(-c2ccccc2)cc(-c2nc(-c3ccc(-c4ccccc4)cc3)nc(-c3ccc(-c4ccccc4)cc3)n2)cc1-c1ccccc1. The van der Waals surface area contributed by atoms with Gasteiger partial charge in [-0.2, -0.15) is 0 Å². The summed E-state index contributed by atoms with van der Waals surface area (Å²) in [5.74, 6) is 1.79. The largest absolute Gasteiger partial charge is 0.309 e. The maximum Gasteiger partial charge on any atom is 0.164 e. The molecule has 3 heterocycles. The zero-order valence-corrected chi connectivity index (χ0v) is 43.6. The fourth-order valence-electron chi connectivity index (χ4n) is 11.4. The molecule has 0 saturated heterocycles. The lowest BCUT2D eigenvalue weighted by molar-refractivity contribution is 0.591. The lowest BCUT2D eigenvalue weighted by Gasteiger charge is -2.22. The summed E-state index contributed by atoms with van der Waals surface area (Å²) in [5, 5.41) is 4.86. The molecule has 5 nitrogen and oxygen atoms in total. The molecule has 0 fully saturated rings. The highest BCUT2D eigenvalue weighted by atomic mass is 15.0. The molecule has 5 heteroatoms. The molecule has 0 N–H and O–H groups in total. The standard InChI is InChI=1S/C73H53N5/c1-73(2,3)57-40-42-67-63(46-57)64-47-58(77-65-30-18-16-28-59(65)60-29-17-19-31-66(60)77)41-43-68(64)78(67)69-61(52-24-12-6-13-25-52)44-56(45-62(69)53-26-14-7-15-27-53)72-75-70(54-36-32-50(33-37-54)48-20-8-4-9-21-48)74-71(76-72)55-38-34-51(35-39-55)49-22-10-5-11-23-49/h4-47H,1-3H3. The number of benzene rings is 11. The summed E-state index contributed by atoms with van der Waals surface area (Å²) in [7, 11) is 0. The van der Waals surface area contributed by atoms with Crippen LogP contribution in [0.2, 0.25) is 0 Å². The lowest BCUT2D eigenvalue weighted by atomic mass is 9.86. The van der Waals surface area contributed by atoms with Gasteiger partial charge in [-0.05, 0) is 99.0 Å². The molecule has 3 aromatic heterocycles. The zero-order chi connectivity index (χ0) is 52.3. The second-order valence-corrected chi connectivity index (χ2v) is 21.2. The van der Waals surface area contributed by atoms with Crippen molar-refractivity contribution in [3.8, 4) is 90.0 Å². The van der Waals surface area contributed by atoms with Gasteiger partial charge in [0.15, 0.2) is 17.5 Å². The number of rotatable bonds is 9. The van der Waals surface area contributed by atoms with Crippen molar-refractivity contribution >= 4 is 43.6 Å². The predicted molar refractivity (Wildman–Crippen MR) is 325 cm³/mol. The highest BCUT2D eigenvalue weighted by Gasteiger charge is 2.25. The fraction of sp³-hybridized carbons (Fsp3) is 0.0548. The molecule has 0 amide bonds. The first kappa shape index (κ1) is 46.6. The Morgan fingerprint density at radius 1 is 0.269 bits per heavy atom. The Hall–Kier alpha value is -9.97. The van der Waals surface area contributed by atoms with Gasteiger partial charge < -0.3 is 9.13 Å². The molecule has 14 rings (SSSR count). The number of para-hydroxylation sites is 2. The van der Waals surface area contributed by atoms with Crippen LogP contribution in [0.1, 0.15) is 26.3 Å². The van der Waals surface area contributed by atoms with Gasteiger partial charge in [0.2, 0.25) is 0 Å². The van der Waals surface area contributed by atoms with E-state index in [0.29, 0.717) is 17.5 Å². The van der Waals surface area contributed by atoms with Crippen molar-refractivity contribution in [1.29, 1.82) is 0 Å². The third-order valence-electron chi connectivity index (χ3n) is 15.4. The second-order valence-electron chi connectivity index (χ2n) is 21.2. The van der Waals surface area contributed by atoms with E-state index in [-0.39, 0.29) is 5.41 Å². The molecular weight excluding hydrogens is 947 g/mol. The van der Waals surface area contributed by atoms with Crippen LogP contribution in [0.5, 0.6) is 0 Å². The van der Waals surface area contributed by atoms with Gasteiger partial charge in [0.25, 0.3) is 0 Å². The first-order valence-electron chi connectivity index (χ1n) is 26.8. The summed E-state index contributed by atoms with van der Waals surface area (Å²) in [4.78, 5) is 16.1. The van der Waals surface area contributed by atoms with E-state index in [9.17, 15) is 0 Å². The smallest absolute Gasteiger partial charge is 0.164 e. The molecule has 0 aliphatic rings. The van der Waals surface area contributed by atoms with E-state index in [1.165, 1.54) is 38.1 Å². The minimum Gasteiger partial charge on any atom is -0.309 e. The van der Waals surface area contributed by atoms with Crippen molar-refractivity contribution in [2.75, 3.05) is 0 Å². The van der Waals surface area contributed by atoms with Crippen molar-refractivity contribution in [1.82, 2.24) is 24.1 Å². The van der Waals surface area contributed by atoms with Gasteiger partial charge in [-0.3, -0.25) is 0 Å². The Kier molecular flexibility index (Phi) is 11.3. The number of hydrogen-bond acceptors (Lipinski definition) is 3. The van der Waals surface area contributed by atoms with Crippen LogP contribution in [0.4, 0.5) is 0 Å². The van der Waals surface area contributed by atoms with Crippen molar-refractivity contribution < 1.29 is 0 Å². The molecule has 14 aromatic rings. The van der Waals surface area contributed by atoms with Crippen molar-refractivity contribution in [3.05, 3.63) is 272 Å². The summed E-state index contributed by atoms with van der Waals surface area (Å²) in [5.41, 5.74) is 19.5. The topological polar surface area (TPSA) is 48.5 Å². The highest BCUT2D eigenvalue weighted by molar-refractivity contribution is 6.13. The van der Waals surface area contributed by atoms with Crippen LogP contribution in [0.25, 0.3) is 134 Å². The average Bonchev–Trinajstić information content (AvgIpc) is 4.19. The number of hydrogen-bond donors (Lipinski definition) is 0. The number of aromatic nitrogens is 5. The minimum atomic E-state index is -0.0742. The van der Waals surface area contributed by atoms with E-state index in [1.807, 2.05) is 12.1 Å². The van der Waals surface area contributed by atoms with Crippen LogP contribution in [0.15, 0.2) is 267 Å². The lowest BCUT2D eigenvalue weighted by Crippen LogP contribution is -2.10. The Morgan fingerprint density at radius 2 is 0.628 bits per heavy atom. The van der Waals surface area contributed by atoms with Crippen molar-refractivity contribution in [2.24, 2.45) is 0 Å². The summed E-state index contributed by atoms with van der Waals surface area (Å²) < 4.78 is 4.93. The van der Waals surface area contributed by atoms with Gasteiger partial charge in [0.05, 0.1) is 27.8 Å². The Morgan fingerprint density at radius 3 is 1.09 bits per heavy atom. The van der Waals surface area contributed by atoms with E-state index in [2.05, 4.69) is 285 Å². The van der Waals surface area contributed by atoms with Crippen LogP contribution >= 0.6 is 0 Å². The maximum absolute atomic E-state index is 5.41. The average molecular weight is 1000 g/mol. The van der Waals surface area contributed by atoms with E-state index in [0.717, 1.165) is 83.6 Å². The van der Waals surface area contributed by atoms with Gasteiger partial charge in [-0.25, -0.2) is 15.0 Å². The van der Waals surface area contributed by atoms with Gasteiger partial charge in [0.1, 0.15) is 0 Å². The second kappa shape index (κ2) is 19.0. The number of nitrogens with zero attached hydrogens (tertiary/aromatic N) is 5. The molecule has 11 aromatic carbocycles. The molecule has 0 aliphatic heterocycles. The summed E-state index contributed by atoms with van der Waals surface area (Å²) in [6.45, 7) is 6.90. The minimum absolute atomic E-state index is 0.0742. The van der Waals surface area contributed by atoms with Crippen LogP contribution < -0.4 is 0 Å². The van der Waals surface area contributed by atoms with Crippen LogP contribution in [-0.4, -0.2) is 24.1 Å². The van der Waals surface area contributed by atoms with Crippen LogP contribution in [-0.2, 0) is 5.41 Å². The molecular formula is C73H53N5. The molecule has 0 bridgehead atoms. The highest BCUT2D eigenvalue weighted by Crippen LogP contribution is 2.46. The van der Waals surface area contributed by atoms with Gasteiger partial charge >= 0.3 is 0 Å². The first-order chi connectivity index (χ1) is 38.3. The van der Waals surface area contributed by atoms with Crippen molar-refractivity contribution in [2.45, 2.75) is 26.2 Å². The Bertz CT molecular complexity index is 4320. The monoisotopic (exact) mass is 999 g/mol. The normalized spacial score (nSPS) is 11.8. The molecule has 0 spiro atoms. The molecule has 0 atom stereocenters. The Balaban J connectivity index is 1.03. The summed E-state index contributed by atoms with van der Waals surface area (Å²) >= 11 is 0. The zero-order valence-electron chi connectivity index (χ0n) is 43.6. The molecule has 0 saturated carbocycles. The van der Waals surface area contributed by atoms with Crippen molar-refractivity contribution in [3.63, 3.8) is 0 Å².